The summed E-state index contributed by atoms with van der Waals surface area (Å²) in [4.78, 5) is 15.7. The Hall–Kier alpha value is -1.46. The molecule has 4 nitrogen and oxygen atoms in total. The molecule has 0 spiro atoms. The Labute approximate surface area is 113 Å². The number of hydrogen-bond acceptors (Lipinski definition) is 3. The molecule has 5 heteroatoms. The number of para-hydroxylation sites is 1. The van der Waals surface area contributed by atoms with E-state index in [4.69, 9.17) is 0 Å². The summed E-state index contributed by atoms with van der Waals surface area (Å²) in [6, 6.07) is 6.70. The maximum absolute atomic E-state index is 13.8. The van der Waals surface area contributed by atoms with Gasteiger partial charge in [0.05, 0.1) is 12.2 Å². The van der Waals surface area contributed by atoms with Gasteiger partial charge in [0.25, 0.3) is 0 Å². The monoisotopic (exact) mass is 265 g/mol. The largest absolute Gasteiger partial charge is 0.320 e. The molecule has 0 bridgehead atoms. The van der Waals surface area contributed by atoms with Gasteiger partial charge in [0.1, 0.15) is 5.82 Å². The number of carbonyl (C=O) groups is 1. The predicted molar refractivity (Wildman–Crippen MR) is 73.7 cm³/mol. The number of benzene rings is 1. The summed E-state index contributed by atoms with van der Waals surface area (Å²) < 4.78 is 13.8. The molecule has 1 heterocycles. The van der Waals surface area contributed by atoms with Gasteiger partial charge < -0.3 is 10.2 Å². The molecule has 1 unspecified atom stereocenters. The van der Waals surface area contributed by atoms with Gasteiger partial charge in [-0.1, -0.05) is 12.1 Å². The second-order valence-corrected chi connectivity index (χ2v) is 4.92. The van der Waals surface area contributed by atoms with Crippen molar-refractivity contribution >= 4 is 11.6 Å². The number of halogens is 1. The summed E-state index contributed by atoms with van der Waals surface area (Å²) >= 11 is 0. The average Bonchev–Trinajstić information content (AvgIpc) is 2.39. The predicted octanol–water partition coefficient (Wildman–Crippen LogP) is 1.08. The molecular formula is C14H20FN3O. The van der Waals surface area contributed by atoms with Gasteiger partial charge in [0.15, 0.2) is 0 Å². The molecule has 1 saturated heterocycles. The highest BCUT2D eigenvalue weighted by Crippen LogP contribution is 2.23. The SMILES string of the molecule is CNCCC1CN(c2ccccc2F)C(=O)CN1C. The third kappa shape index (κ3) is 3.11. The summed E-state index contributed by atoms with van der Waals surface area (Å²) in [5, 5.41) is 3.11. The molecule has 19 heavy (non-hydrogen) atoms. The second-order valence-electron chi connectivity index (χ2n) is 4.92. The van der Waals surface area contributed by atoms with Crippen LogP contribution in [0.3, 0.4) is 0 Å². The Morgan fingerprint density at radius 2 is 2.16 bits per heavy atom. The number of anilines is 1. The molecular weight excluding hydrogens is 245 g/mol. The molecule has 0 aliphatic carbocycles. The minimum Gasteiger partial charge on any atom is -0.320 e. The molecule has 1 aliphatic heterocycles. The van der Waals surface area contributed by atoms with E-state index in [9.17, 15) is 9.18 Å². The highest BCUT2D eigenvalue weighted by atomic mass is 19.1. The Morgan fingerprint density at radius 3 is 2.84 bits per heavy atom. The normalized spacial score (nSPS) is 20.9. The Balaban J connectivity index is 2.16. The number of nitrogens with zero attached hydrogens (tertiary/aromatic N) is 2. The lowest BCUT2D eigenvalue weighted by Gasteiger charge is -2.39. The summed E-state index contributed by atoms with van der Waals surface area (Å²) in [5.74, 6) is -0.388. The van der Waals surface area contributed by atoms with Crippen LogP contribution in [0.1, 0.15) is 6.42 Å². The quantitative estimate of drug-likeness (QED) is 0.885. The van der Waals surface area contributed by atoms with Crippen LogP contribution in [-0.4, -0.2) is 50.6 Å². The van der Waals surface area contributed by atoms with Crippen LogP contribution in [0.4, 0.5) is 10.1 Å². The lowest BCUT2D eigenvalue weighted by molar-refractivity contribution is -0.122. The molecule has 0 saturated carbocycles. The molecule has 2 rings (SSSR count). The Kier molecular flexibility index (Phi) is 4.50. The minimum atomic E-state index is -0.340. The van der Waals surface area contributed by atoms with Crippen LogP contribution in [0.15, 0.2) is 24.3 Å². The van der Waals surface area contributed by atoms with Crippen molar-refractivity contribution in [1.29, 1.82) is 0 Å². The van der Waals surface area contributed by atoms with Crippen LogP contribution in [0, 0.1) is 5.82 Å². The maximum Gasteiger partial charge on any atom is 0.241 e. The number of carbonyl (C=O) groups excluding carboxylic acids is 1. The molecule has 1 atom stereocenters. The van der Waals surface area contributed by atoms with Crippen molar-refractivity contribution in [3.63, 3.8) is 0 Å². The summed E-state index contributed by atoms with van der Waals surface area (Å²) in [7, 11) is 3.85. The van der Waals surface area contributed by atoms with Crippen molar-refractivity contribution in [3.05, 3.63) is 30.1 Å². The number of likely N-dealkylation sites (N-methyl/N-ethyl adjacent to an activating group) is 1. The van der Waals surface area contributed by atoms with E-state index in [1.807, 2.05) is 19.0 Å². The first-order valence-corrected chi connectivity index (χ1v) is 6.53. The zero-order chi connectivity index (χ0) is 13.8. The van der Waals surface area contributed by atoms with Gasteiger partial charge in [-0.15, -0.1) is 0 Å². The van der Waals surface area contributed by atoms with E-state index in [0.717, 1.165) is 13.0 Å². The number of amides is 1. The maximum atomic E-state index is 13.8. The van der Waals surface area contributed by atoms with E-state index >= 15 is 0 Å². The molecule has 1 N–H and O–H groups in total. The van der Waals surface area contributed by atoms with Crippen molar-refractivity contribution in [1.82, 2.24) is 10.2 Å². The standard InChI is InChI=1S/C14H20FN3O/c1-16-8-7-11-9-18(14(19)10-17(11)2)13-6-4-3-5-12(13)15/h3-6,11,16H,7-10H2,1-2H3. The van der Waals surface area contributed by atoms with E-state index in [2.05, 4.69) is 5.32 Å². The fraction of sp³-hybridized carbons (Fsp3) is 0.500. The van der Waals surface area contributed by atoms with Gasteiger partial charge in [-0.05, 0) is 39.2 Å². The van der Waals surface area contributed by atoms with Crippen LogP contribution in [0.2, 0.25) is 0 Å². The topological polar surface area (TPSA) is 35.6 Å². The van der Waals surface area contributed by atoms with Crippen LogP contribution in [-0.2, 0) is 4.79 Å². The van der Waals surface area contributed by atoms with Crippen molar-refractivity contribution in [2.75, 3.05) is 38.6 Å². The van der Waals surface area contributed by atoms with Gasteiger partial charge in [-0.2, -0.15) is 0 Å². The van der Waals surface area contributed by atoms with E-state index in [0.29, 0.717) is 18.8 Å². The fourth-order valence-electron chi connectivity index (χ4n) is 2.41. The van der Waals surface area contributed by atoms with Gasteiger partial charge >= 0.3 is 0 Å². The molecule has 0 aromatic heterocycles. The van der Waals surface area contributed by atoms with E-state index < -0.39 is 0 Å². The molecule has 0 radical (unpaired) electrons. The van der Waals surface area contributed by atoms with Crippen molar-refractivity contribution < 1.29 is 9.18 Å². The smallest absolute Gasteiger partial charge is 0.241 e. The summed E-state index contributed by atoms with van der Waals surface area (Å²) in [5.41, 5.74) is 0.384. The summed E-state index contributed by atoms with van der Waals surface area (Å²) in [6.07, 6.45) is 0.936. The summed E-state index contributed by atoms with van der Waals surface area (Å²) in [6.45, 7) is 1.76. The number of piperazine rings is 1. The first kappa shape index (κ1) is 14.0. The molecule has 1 amide bonds. The lowest BCUT2D eigenvalue weighted by Crippen LogP contribution is -2.55. The number of nitrogens with one attached hydrogen (secondary N) is 1. The second kappa shape index (κ2) is 6.12. The van der Waals surface area contributed by atoms with Gasteiger partial charge in [0.2, 0.25) is 5.91 Å². The molecule has 1 aromatic rings. The third-order valence-corrected chi connectivity index (χ3v) is 3.57. The zero-order valence-corrected chi connectivity index (χ0v) is 11.4. The highest BCUT2D eigenvalue weighted by Gasteiger charge is 2.31. The zero-order valence-electron chi connectivity index (χ0n) is 11.4. The molecule has 1 fully saturated rings. The van der Waals surface area contributed by atoms with Gasteiger partial charge in [0, 0.05) is 12.6 Å². The number of rotatable bonds is 4. The first-order valence-electron chi connectivity index (χ1n) is 6.53. The van der Waals surface area contributed by atoms with Crippen LogP contribution < -0.4 is 10.2 Å². The minimum absolute atomic E-state index is 0.0479. The van der Waals surface area contributed by atoms with Crippen molar-refractivity contribution in [2.45, 2.75) is 12.5 Å². The first-order chi connectivity index (χ1) is 9.13. The van der Waals surface area contributed by atoms with E-state index in [1.165, 1.54) is 6.07 Å². The van der Waals surface area contributed by atoms with E-state index in [1.54, 1.807) is 23.1 Å². The van der Waals surface area contributed by atoms with E-state index in [-0.39, 0.29) is 17.8 Å². The third-order valence-electron chi connectivity index (χ3n) is 3.57. The van der Waals surface area contributed by atoms with Crippen molar-refractivity contribution in [3.8, 4) is 0 Å². The molecule has 1 aromatic carbocycles. The van der Waals surface area contributed by atoms with Crippen molar-refractivity contribution in [2.24, 2.45) is 0 Å². The highest BCUT2D eigenvalue weighted by molar-refractivity contribution is 5.95. The van der Waals surface area contributed by atoms with Gasteiger partial charge in [-0.3, -0.25) is 9.69 Å². The molecule has 1 aliphatic rings. The molecule has 104 valence electrons. The number of hydrogen-bond donors (Lipinski definition) is 1. The van der Waals surface area contributed by atoms with Gasteiger partial charge in [-0.25, -0.2) is 4.39 Å². The van der Waals surface area contributed by atoms with Crippen LogP contribution in [0.5, 0.6) is 0 Å². The lowest BCUT2D eigenvalue weighted by atomic mass is 10.1. The average molecular weight is 265 g/mol. The Morgan fingerprint density at radius 1 is 1.42 bits per heavy atom. The van der Waals surface area contributed by atoms with Crippen LogP contribution in [0.25, 0.3) is 0 Å². The van der Waals surface area contributed by atoms with Crippen LogP contribution >= 0.6 is 0 Å². The fourth-order valence-corrected chi connectivity index (χ4v) is 2.41. The Bertz CT molecular complexity index is 452.